The molecular formula is C24H32Cl2FN3O3. The van der Waals surface area contributed by atoms with Gasteiger partial charge in [0, 0.05) is 42.4 Å². The molecule has 0 radical (unpaired) electrons. The molecule has 0 spiro atoms. The number of aliphatic hydroxyl groups is 1. The van der Waals surface area contributed by atoms with E-state index in [1.54, 1.807) is 36.4 Å². The number of hydrogen-bond donors (Lipinski definition) is 3. The van der Waals surface area contributed by atoms with Crippen molar-refractivity contribution < 1.29 is 19.0 Å². The fourth-order valence-corrected chi connectivity index (χ4v) is 4.72. The number of hydrogen-bond acceptors (Lipinski definition) is 6. The summed E-state index contributed by atoms with van der Waals surface area (Å²) in [4.78, 5) is 10.1. The molecule has 2 aliphatic heterocycles. The zero-order valence-corrected chi connectivity index (χ0v) is 20.0. The Balaban J connectivity index is 0.000000323. The van der Waals surface area contributed by atoms with Crippen LogP contribution in [0.1, 0.15) is 30.7 Å². The molecule has 5 N–H and O–H groups in total. The summed E-state index contributed by atoms with van der Waals surface area (Å²) in [6.07, 6.45) is 2.37. The predicted molar refractivity (Wildman–Crippen MR) is 131 cm³/mol. The minimum Gasteiger partial charge on any atom is -0.399 e. The molecule has 9 heteroatoms. The lowest BCUT2D eigenvalue weighted by atomic mass is 9.94. The average Bonchev–Trinajstić information content (AvgIpc) is 3.13. The van der Waals surface area contributed by atoms with Crippen molar-refractivity contribution in [1.29, 1.82) is 0 Å². The first-order chi connectivity index (χ1) is 15.9. The third kappa shape index (κ3) is 7.64. The van der Waals surface area contributed by atoms with E-state index in [0.29, 0.717) is 28.6 Å². The highest BCUT2D eigenvalue weighted by molar-refractivity contribution is 6.31. The maximum Gasteiger partial charge on any atom is 0.145 e. The number of ether oxygens (including phenoxy) is 1. The summed E-state index contributed by atoms with van der Waals surface area (Å²) in [7, 11) is 0. The van der Waals surface area contributed by atoms with Crippen molar-refractivity contribution in [3.8, 4) is 0 Å². The lowest BCUT2D eigenvalue weighted by Gasteiger charge is -2.33. The quantitative estimate of drug-likeness (QED) is 0.547. The van der Waals surface area contributed by atoms with Crippen molar-refractivity contribution in [2.45, 2.75) is 37.4 Å². The van der Waals surface area contributed by atoms with Crippen molar-refractivity contribution in [2.24, 2.45) is 11.7 Å². The van der Waals surface area contributed by atoms with Crippen LogP contribution in [0.25, 0.3) is 0 Å². The van der Waals surface area contributed by atoms with E-state index in [1.165, 1.54) is 0 Å². The van der Waals surface area contributed by atoms with Gasteiger partial charge in [-0.15, -0.1) is 0 Å². The minimum absolute atomic E-state index is 0.0313. The van der Waals surface area contributed by atoms with Crippen LogP contribution in [0.5, 0.6) is 0 Å². The number of benzene rings is 2. The molecule has 2 unspecified atom stereocenters. The summed E-state index contributed by atoms with van der Waals surface area (Å²) < 4.78 is 19.8. The Morgan fingerprint density at radius 2 is 1.82 bits per heavy atom. The van der Waals surface area contributed by atoms with Crippen LogP contribution < -0.4 is 11.5 Å². The van der Waals surface area contributed by atoms with Gasteiger partial charge in [0.2, 0.25) is 0 Å². The van der Waals surface area contributed by atoms with Crippen LogP contribution in [0.3, 0.4) is 0 Å². The highest BCUT2D eigenvalue weighted by Crippen LogP contribution is 2.38. The molecule has 2 aliphatic rings. The van der Waals surface area contributed by atoms with Gasteiger partial charge in [-0.25, -0.2) is 4.39 Å². The predicted octanol–water partition coefficient (Wildman–Crippen LogP) is 4.08. The van der Waals surface area contributed by atoms with Crippen molar-refractivity contribution in [1.82, 2.24) is 4.90 Å². The number of carbonyl (C=O) groups is 1. The lowest BCUT2D eigenvalue weighted by molar-refractivity contribution is -0.0980. The Kier molecular flexibility index (Phi) is 11.5. The third-order valence-corrected chi connectivity index (χ3v) is 6.57. The number of nitrogens with zero attached hydrogens (tertiary/aromatic N) is 1. The van der Waals surface area contributed by atoms with E-state index in [4.69, 9.17) is 44.2 Å². The van der Waals surface area contributed by atoms with Crippen LogP contribution >= 0.6 is 23.2 Å². The Bertz CT molecular complexity index is 853. The van der Waals surface area contributed by atoms with E-state index in [0.717, 1.165) is 32.6 Å². The first-order valence-corrected chi connectivity index (χ1v) is 11.6. The molecule has 2 aromatic carbocycles. The Hall–Kier alpha value is -1.74. The van der Waals surface area contributed by atoms with Gasteiger partial charge in [-0.3, -0.25) is 4.90 Å². The summed E-state index contributed by atoms with van der Waals surface area (Å²) in [5.74, 6) is -0.0169. The fraction of sp³-hybridized carbons (Fsp3) is 0.458. The summed E-state index contributed by atoms with van der Waals surface area (Å²) in [5.41, 5.74) is 13.1. The molecule has 0 aromatic heterocycles. The lowest BCUT2D eigenvalue weighted by Crippen LogP contribution is -2.47. The number of carbonyl (C=O) groups excluding carboxylic acids is 1. The molecule has 2 aromatic rings. The average molecular weight is 500 g/mol. The molecule has 3 atom stereocenters. The molecule has 2 heterocycles. The number of likely N-dealkylation sites (tertiary alicyclic amines) is 1. The summed E-state index contributed by atoms with van der Waals surface area (Å²) in [6.45, 7) is 4.43. The Morgan fingerprint density at radius 3 is 2.39 bits per heavy atom. The SMILES string of the molecule is C=O.NC1C(c2cccc(Cl)c2F)C[C@H](CO)N1CC1CCOCC1.Nc1cccc(Cl)c1. The maximum atomic E-state index is 14.4. The van der Waals surface area contributed by atoms with Gasteiger partial charge >= 0.3 is 0 Å². The monoisotopic (exact) mass is 499 g/mol. The minimum atomic E-state index is -0.390. The molecule has 6 nitrogen and oxygen atoms in total. The van der Waals surface area contributed by atoms with Gasteiger partial charge in [-0.1, -0.05) is 41.4 Å². The van der Waals surface area contributed by atoms with Gasteiger partial charge in [0.25, 0.3) is 0 Å². The zero-order valence-electron chi connectivity index (χ0n) is 18.5. The van der Waals surface area contributed by atoms with Gasteiger partial charge in [0.05, 0.1) is 17.8 Å². The van der Waals surface area contributed by atoms with Crippen LogP contribution in [-0.2, 0) is 9.53 Å². The van der Waals surface area contributed by atoms with Crippen LogP contribution in [0, 0.1) is 11.7 Å². The van der Waals surface area contributed by atoms with Gasteiger partial charge < -0.3 is 26.1 Å². The fourth-order valence-electron chi connectivity index (χ4n) is 4.34. The molecule has 0 saturated carbocycles. The van der Waals surface area contributed by atoms with E-state index in [2.05, 4.69) is 4.90 Å². The first kappa shape index (κ1) is 27.5. The number of nitrogen functional groups attached to an aromatic ring is 1. The maximum absolute atomic E-state index is 14.4. The first-order valence-electron chi connectivity index (χ1n) is 10.8. The largest absolute Gasteiger partial charge is 0.399 e. The van der Waals surface area contributed by atoms with E-state index < -0.39 is 0 Å². The number of anilines is 1. The van der Waals surface area contributed by atoms with Crippen LogP contribution in [0.15, 0.2) is 42.5 Å². The molecule has 0 bridgehead atoms. The second-order valence-corrected chi connectivity index (χ2v) is 8.96. The topological polar surface area (TPSA) is 102 Å². The number of halogens is 3. The van der Waals surface area contributed by atoms with Crippen molar-refractivity contribution >= 4 is 35.7 Å². The van der Waals surface area contributed by atoms with Gasteiger partial charge in [0.1, 0.15) is 12.6 Å². The van der Waals surface area contributed by atoms with Crippen LogP contribution in [0.2, 0.25) is 10.0 Å². The van der Waals surface area contributed by atoms with Gasteiger partial charge in [0.15, 0.2) is 0 Å². The molecule has 4 rings (SSSR count). The summed E-state index contributed by atoms with van der Waals surface area (Å²) in [5, 5.41) is 10.5. The second kappa shape index (κ2) is 13.8. The van der Waals surface area contributed by atoms with Gasteiger partial charge in [-0.05, 0) is 55.0 Å². The van der Waals surface area contributed by atoms with E-state index in [1.807, 2.05) is 12.9 Å². The van der Waals surface area contributed by atoms with Crippen LogP contribution in [0.4, 0.5) is 10.1 Å². The van der Waals surface area contributed by atoms with E-state index >= 15 is 0 Å². The smallest absolute Gasteiger partial charge is 0.145 e. The highest BCUT2D eigenvalue weighted by Gasteiger charge is 2.41. The van der Waals surface area contributed by atoms with Crippen molar-refractivity contribution in [3.05, 3.63) is 63.9 Å². The number of nitrogens with two attached hydrogens (primary N) is 2. The zero-order chi connectivity index (χ0) is 24.4. The number of aliphatic hydroxyl groups excluding tert-OH is 1. The summed E-state index contributed by atoms with van der Waals surface area (Å²) >= 11 is 11.5. The summed E-state index contributed by atoms with van der Waals surface area (Å²) in [6, 6.07) is 12.1. The highest BCUT2D eigenvalue weighted by atomic mass is 35.5. The standard InChI is InChI=1S/C17H24ClFN2O2.C6H6ClN.CH2O/c18-15-3-1-2-13(16(15)19)14-8-12(10-22)21(17(14)20)9-11-4-6-23-7-5-11;7-5-2-1-3-6(8)4-5;1-2/h1-3,11-12,14,17,22H,4-10,20H2;1-4H,8H2;1H2/t12-,14?,17?;;/m1../s1. The molecule has 33 heavy (non-hydrogen) atoms. The van der Waals surface area contributed by atoms with E-state index in [-0.39, 0.29) is 35.6 Å². The molecule has 2 saturated heterocycles. The molecular weight excluding hydrogens is 468 g/mol. The molecule has 182 valence electrons. The van der Waals surface area contributed by atoms with Crippen molar-refractivity contribution in [3.63, 3.8) is 0 Å². The molecule has 0 aliphatic carbocycles. The van der Waals surface area contributed by atoms with Crippen molar-refractivity contribution in [2.75, 3.05) is 32.1 Å². The second-order valence-electron chi connectivity index (χ2n) is 8.12. The normalized spacial score (nSPS) is 23.2. The molecule has 2 fully saturated rings. The Labute approximate surface area is 204 Å². The van der Waals surface area contributed by atoms with Gasteiger partial charge in [-0.2, -0.15) is 0 Å². The number of rotatable bonds is 4. The van der Waals surface area contributed by atoms with E-state index in [9.17, 15) is 9.50 Å². The molecule has 0 amide bonds. The third-order valence-electron chi connectivity index (χ3n) is 6.04. The Morgan fingerprint density at radius 1 is 1.15 bits per heavy atom. The van der Waals surface area contributed by atoms with Crippen LogP contribution in [-0.4, -0.2) is 55.4 Å².